The van der Waals surface area contributed by atoms with Crippen LogP contribution in [0.3, 0.4) is 0 Å². The summed E-state index contributed by atoms with van der Waals surface area (Å²) in [5.41, 5.74) is 0.604. The van der Waals surface area contributed by atoms with Gasteiger partial charge in [0.25, 0.3) is 0 Å². The zero-order chi connectivity index (χ0) is 12.2. The third-order valence-electron chi connectivity index (χ3n) is 2.56. The molecule has 0 spiro atoms. The van der Waals surface area contributed by atoms with E-state index in [-0.39, 0.29) is 6.04 Å². The molecule has 0 fully saturated rings. The standard InChI is InChI=1S/C13H20ClNO/c1-10(15-9-8-13(2,3)16)11-4-6-12(14)7-5-11/h4-7,10,15-16H,8-9H2,1-3H3. The molecular formula is C13H20ClNO. The van der Waals surface area contributed by atoms with Crippen molar-refractivity contribution in [3.05, 3.63) is 34.9 Å². The average Bonchev–Trinajstić information content (AvgIpc) is 2.16. The zero-order valence-corrected chi connectivity index (χ0v) is 10.9. The fraction of sp³-hybridized carbons (Fsp3) is 0.538. The minimum atomic E-state index is -0.604. The van der Waals surface area contributed by atoms with Crippen LogP contribution in [0.1, 0.15) is 38.8 Å². The summed E-state index contributed by atoms with van der Waals surface area (Å²) >= 11 is 5.83. The molecule has 0 saturated carbocycles. The lowest BCUT2D eigenvalue weighted by molar-refractivity contribution is 0.0705. The van der Waals surface area contributed by atoms with E-state index in [1.807, 2.05) is 38.1 Å². The van der Waals surface area contributed by atoms with E-state index in [4.69, 9.17) is 11.6 Å². The van der Waals surface area contributed by atoms with Crippen molar-refractivity contribution >= 4 is 11.6 Å². The molecule has 0 aliphatic rings. The van der Waals surface area contributed by atoms with E-state index in [0.717, 1.165) is 18.0 Å². The highest BCUT2D eigenvalue weighted by Gasteiger charge is 2.12. The molecule has 0 saturated heterocycles. The molecule has 0 radical (unpaired) electrons. The molecule has 0 amide bonds. The molecule has 1 atom stereocenters. The molecule has 1 aromatic rings. The first-order valence-electron chi connectivity index (χ1n) is 5.60. The largest absolute Gasteiger partial charge is 0.390 e. The maximum absolute atomic E-state index is 9.58. The van der Waals surface area contributed by atoms with Gasteiger partial charge in [0.2, 0.25) is 0 Å². The fourth-order valence-corrected chi connectivity index (χ4v) is 1.59. The average molecular weight is 242 g/mol. The van der Waals surface area contributed by atoms with Crippen molar-refractivity contribution in [3.63, 3.8) is 0 Å². The molecule has 2 N–H and O–H groups in total. The second-order valence-electron chi connectivity index (χ2n) is 4.79. The van der Waals surface area contributed by atoms with Gasteiger partial charge < -0.3 is 10.4 Å². The lowest BCUT2D eigenvalue weighted by atomic mass is 10.0. The quantitative estimate of drug-likeness (QED) is 0.830. The molecule has 0 aliphatic carbocycles. The Hall–Kier alpha value is -0.570. The summed E-state index contributed by atoms with van der Waals surface area (Å²) in [6.45, 7) is 6.55. The third kappa shape index (κ3) is 4.97. The van der Waals surface area contributed by atoms with Crippen LogP contribution in [-0.4, -0.2) is 17.3 Å². The van der Waals surface area contributed by atoms with Crippen molar-refractivity contribution in [2.45, 2.75) is 38.8 Å². The SMILES string of the molecule is CC(NCCC(C)(C)O)c1ccc(Cl)cc1. The van der Waals surface area contributed by atoms with Gasteiger partial charge in [-0.2, -0.15) is 0 Å². The monoisotopic (exact) mass is 241 g/mol. The maximum Gasteiger partial charge on any atom is 0.0603 e. The second-order valence-corrected chi connectivity index (χ2v) is 5.23. The van der Waals surface area contributed by atoms with Crippen LogP contribution < -0.4 is 5.32 Å². The van der Waals surface area contributed by atoms with Crippen LogP contribution in [0.4, 0.5) is 0 Å². The van der Waals surface area contributed by atoms with E-state index in [2.05, 4.69) is 12.2 Å². The van der Waals surface area contributed by atoms with Crippen LogP contribution in [0.25, 0.3) is 0 Å². The first-order valence-corrected chi connectivity index (χ1v) is 5.97. The lowest BCUT2D eigenvalue weighted by Gasteiger charge is -2.20. The highest BCUT2D eigenvalue weighted by Crippen LogP contribution is 2.16. The van der Waals surface area contributed by atoms with E-state index in [1.165, 1.54) is 5.56 Å². The summed E-state index contributed by atoms with van der Waals surface area (Å²) in [4.78, 5) is 0. The Bertz CT molecular complexity index is 316. The van der Waals surface area contributed by atoms with E-state index >= 15 is 0 Å². The van der Waals surface area contributed by atoms with Gasteiger partial charge in [0, 0.05) is 11.1 Å². The number of benzene rings is 1. The van der Waals surface area contributed by atoms with Crippen molar-refractivity contribution in [2.24, 2.45) is 0 Å². The molecule has 0 heterocycles. The van der Waals surface area contributed by atoms with Crippen molar-refractivity contribution in [1.29, 1.82) is 0 Å². The summed E-state index contributed by atoms with van der Waals surface area (Å²) in [6, 6.07) is 8.10. The normalized spacial score (nSPS) is 13.8. The smallest absolute Gasteiger partial charge is 0.0603 e. The summed E-state index contributed by atoms with van der Waals surface area (Å²) in [5, 5.41) is 13.7. The van der Waals surface area contributed by atoms with Crippen molar-refractivity contribution < 1.29 is 5.11 Å². The van der Waals surface area contributed by atoms with Crippen molar-refractivity contribution in [1.82, 2.24) is 5.32 Å². The van der Waals surface area contributed by atoms with E-state index < -0.39 is 5.60 Å². The number of nitrogens with one attached hydrogen (secondary N) is 1. The van der Waals surface area contributed by atoms with Gasteiger partial charge in [0.05, 0.1) is 5.60 Å². The number of hydrogen-bond acceptors (Lipinski definition) is 2. The van der Waals surface area contributed by atoms with Crippen LogP contribution >= 0.6 is 11.6 Å². The number of halogens is 1. The van der Waals surface area contributed by atoms with Gasteiger partial charge in [-0.15, -0.1) is 0 Å². The summed E-state index contributed by atoms with van der Waals surface area (Å²) < 4.78 is 0. The summed E-state index contributed by atoms with van der Waals surface area (Å²) in [5.74, 6) is 0. The summed E-state index contributed by atoms with van der Waals surface area (Å²) in [7, 11) is 0. The van der Waals surface area contributed by atoms with Gasteiger partial charge in [-0.1, -0.05) is 23.7 Å². The molecule has 1 aromatic carbocycles. The second kappa shape index (κ2) is 5.67. The maximum atomic E-state index is 9.58. The number of rotatable bonds is 5. The molecule has 1 unspecified atom stereocenters. The van der Waals surface area contributed by atoms with E-state index in [0.29, 0.717) is 0 Å². The van der Waals surface area contributed by atoms with Gasteiger partial charge in [0.1, 0.15) is 0 Å². The Morgan fingerprint density at radius 2 is 1.88 bits per heavy atom. The Balaban J connectivity index is 2.41. The highest BCUT2D eigenvalue weighted by molar-refractivity contribution is 6.30. The first kappa shape index (κ1) is 13.5. The van der Waals surface area contributed by atoms with Gasteiger partial charge in [-0.25, -0.2) is 0 Å². The Morgan fingerprint density at radius 3 is 2.38 bits per heavy atom. The molecule has 0 aliphatic heterocycles. The predicted molar refractivity (Wildman–Crippen MR) is 68.8 cm³/mol. The molecule has 2 nitrogen and oxygen atoms in total. The molecule has 0 aromatic heterocycles. The molecule has 16 heavy (non-hydrogen) atoms. The lowest BCUT2D eigenvalue weighted by Crippen LogP contribution is -2.28. The predicted octanol–water partition coefficient (Wildman–Crippen LogP) is 3.15. The van der Waals surface area contributed by atoms with E-state index in [9.17, 15) is 5.11 Å². The molecule has 90 valence electrons. The Labute approximate surface area is 103 Å². The van der Waals surface area contributed by atoms with Crippen molar-refractivity contribution in [3.8, 4) is 0 Å². The van der Waals surface area contributed by atoms with Gasteiger partial charge in [-0.05, 0) is 51.4 Å². The minimum Gasteiger partial charge on any atom is -0.390 e. The Morgan fingerprint density at radius 1 is 1.31 bits per heavy atom. The highest BCUT2D eigenvalue weighted by atomic mass is 35.5. The first-order chi connectivity index (χ1) is 7.38. The topological polar surface area (TPSA) is 32.3 Å². The van der Waals surface area contributed by atoms with Gasteiger partial charge in [-0.3, -0.25) is 0 Å². The Kier molecular flexibility index (Phi) is 4.78. The molecule has 0 bridgehead atoms. The molecule has 1 rings (SSSR count). The van der Waals surface area contributed by atoms with E-state index in [1.54, 1.807) is 0 Å². The van der Waals surface area contributed by atoms with Crippen molar-refractivity contribution in [2.75, 3.05) is 6.54 Å². The van der Waals surface area contributed by atoms with Crippen LogP contribution in [0.2, 0.25) is 5.02 Å². The molecule has 3 heteroatoms. The zero-order valence-electron chi connectivity index (χ0n) is 10.1. The minimum absolute atomic E-state index is 0.277. The fourth-order valence-electron chi connectivity index (χ4n) is 1.46. The van der Waals surface area contributed by atoms with Gasteiger partial charge in [0.15, 0.2) is 0 Å². The number of aliphatic hydroxyl groups is 1. The van der Waals surface area contributed by atoms with Gasteiger partial charge >= 0.3 is 0 Å². The summed E-state index contributed by atoms with van der Waals surface area (Å²) in [6.07, 6.45) is 0.741. The van der Waals surface area contributed by atoms with Crippen LogP contribution in [0, 0.1) is 0 Å². The third-order valence-corrected chi connectivity index (χ3v) is 2.81. The van der Waals surface area contributed by atoms with Crippen LogP contribution in [0.15, 0.2) is 24.3 Å². The van der Waals surface area contributed by atoms with Crippen LogP contribution in [0.5, 0.6) is 0 Å². The number of hydrogen-bond donors (Lipinski definition) is 2. The molecular weight excluding hydrogens is 222 g/mol. The van der Waals surface area contributed by atoms with Crippen LogP contribution in [-0.2, 0) is 0 Å².